The van der Waals surface area contributed by atoms with Gasteiger partial charge in [-0.3, -0.25) is 0 Å². The second-order valence-corrected chi connectivity index (χ2v) is 7.46. The Labute approximate surface area is 148 Å². The Morgan fingerprint density at radius 1 is 0.955 bits per heavy atom. The molecule has 1 nitrogen and oxygen atoms in total. The van der Waals surface area contributed by atoms with E-state index in [9.17, 15) is 0 Å². The summed E-state index contributed by atoms with van der Waals surface area (Å²) in [6.07, 6.45) is 2.06. The van der Waals surface area contributed by atoms with Gasteiger partial charge in [-0.1, -0.05) is 29.3 Å². The first-order valence-corrected chi connectivity index (χ1v) is 9.64. The van der Waals surface area contributed by atoms with Crippen LogP contribution >= 0.6 is 46.7 Å². The Kier molecular flexibility index (Phi) is 5.19. The Bertz CT molecular complexity index is 804. The van der Waals surface area contributed by atoms with E-state index in [0.717, 1.165) is 27.2 Å². The number of benzene rings is 2. The lowest BCUT2D eigenvalue weighted by molar-refractivity contribution is 1.29. The van der Waals surface area contributed by atoms with Crippen molar-refractivity contribution in [3.05, 3.63) is 64.3 Å². The van der Waals surface area contributed by atoms with E-state index >= 15 is 0 Å². The quantitative estimate of drug-likeness (QED) is 0.384. The molecule has 0 amide bonds. The van der Waals surface area contributed by atoms with Crippen LogP contribution in [0, 0.1) is 0 Å². The molecule has 0 fully saturated rings. The van der Waals surface area contributed by atoms with Crippen LogP contribution in [0.3, 0.4) is 0 Å². The first-order valence-electron chi connectivity index (χ1n) is 6.67. The first-order chi connectivity index (χ1) is 10.7. The van der Waals surface area contributed by atoms with Gasteiger partial charge in [0.2, 0.25) is 0 Å². The summed E-state index contributed by atoms with van der Waals surface area (Å²) < 4.78 is 0. The van der Waals surface area contributed by atoms with Gasteiger partial charge in [-0.25, -0.2) is 4.98 Å². The van der Waals surface area contributed by atoms with Gasteiger partial charge in [-0.2, -0.15) is 0 Å². The molecule has 0 unspecified atom stereocenters. The minimum atomic E-state index is 0.576. The van der Waals surface area contributed by atoms with Crippen LogP contribution in [0.5, 0.6) is 0 Å². The molecule has 0 saturated heterocycles. The van der Waals surface area contributed by atoms with Crippen LogP contribution in [0.15, 0.2) is 58.3 Å². The van der Waals surface area contributed by atoms with E-state index < -0.39 is 0 Å². The zero-order valence-electron chi connectivity index (χ0n) is 11.8. The number of thioether (sulfide) groups is 2. The summed E-state index contributed by atoms with van der Waals surface area (Å²) in [5.74, 6) is 0.785. The van der Waals surface area contributed by atoms with E-state index in [1.165, 1.54) is 9.79 Å². The van der Waals surface area contributed by atoms with Crippen LogP contribution < -0.4 is 0 Å². The Balaban J connectivity index is 1.84. The normalized spacial score (nSPS) is 11.0. The second kappa shape index (κ2) is 7.14. The molecule has 0 aliphatic rings. The van der Waals surface area contributed by atoms with Crippen molar-refractivity contribution >= 4 is 57.6 Å². The van der Waals surface area contributed by atoms with Crippen LogP contribution in [-0.2, 0) is 5.75 Å². The molecular formula is C17H13Cl2NS2. The van der Waals surface area contributed by atoms with Crippen LogP contribution in [0.4, 0.5) is 0 Å². The maximum absolute atomic E-state index is 6.34. The molecule has 112 valence electrons. The van der Waals surface area contributed by atoms with Gasteiger partial charge < -0.3 is 0 Å². The van der Waals surface area contributed by atoms with E-state index in [4.69, 9.17) is 23.2 Å². The predicted octanol–water partition coefficient (Wildman–Crippen LogP) is 6.56. The monoisotopic (exact) mass is 365 g/mol. The molecule has 0 aliphatic carbocycles. The number of halogens is 2. The summed E-state index contributed by atoms with van der Waals surface area (Å²) in [5.41, 5.74) is 1.99. The number of aromatic nitrogens is 1. The van der Waals surface area contributed by atoms with Crippen molar-refractivity contribution in [2.24, 2.45) is 0 Å². The minimum absolute atomic E-state index is 0.576. The maximum atomic E-state index is 6.34. The molecule has 0 saturated carbocycles. The number of pyridine rings is 1. The molecule has 0 spiro atoms. The summed E-state index contributed by atoms with van der Waals surface area (Å²) in [7, 11) is 0. The van der Waals surface area contributed by atoms with Crippen LogP contribution in [0.1, 0.15) is 5.56 Å². The van der Waals surface area contributed by atoms with Gasteiger partial charge in [0.15, 0.2) is 0 Å². The van der Waals surface area contributed by atoms with Gasteiger partial charge >= 0.3 is 0 Å². The highest BCUT2D eigenvalue weighted by Crippen LogP contribution is 2.30. The van der Waals surface area contributed by atoms with E-state index in [1.54, 1.807) is 23.5 Å². The smallest absolute Gasteiger partial charge is 0.133 e. The molecule has 0 N–H and O–H groups in total. The van der Waals surface area contributed by atoms with Crippen molar-refractivity contribution in [1.29, 1.82) is 0 Å². The molecule has 0 aliphatic heterocycles. The fourth-order valence-corrected chi connectivity index (χ4v) is 3.81. The highest BCUT2D eigenvalue weighted by Gasteiger charge is 2.07. The van der Waals surface area contributed by atoms with Crippen LogP contribution in [0.2, 0.25) is 10.2 Å². The molecule has 5 heteroatoms. The predicted molar refractivity (Wildman–Crippen MR) is 99.5 cm³/mol. The standard InChI is InChI=1S/C17H13Cl2NS2/c1-21-15-5-2-11-8-12(17(19)20-16(11)9-15)10-22-14-6-3-13(18)4-7-14/h2-9H,10H2,1H3. The summed E-state index contributed by atoms with van der Waals surface area (Å²) in [6.45, 7) is 0. The van der Waals surface area contributed by atoms with Gasteiger partial charge in [-0.05, 0) is 48.7 Å². The van der Waals surface area contributed by atoms with Gasteiger partial charge in [0, 0.05) is 31.5 Å². The number of hydrogen-bond acceptors (Lipinski definition) is 3. The number of rotatable bonds is 4. The Morgan fingerprint density at radius 2 is 1.68 bits per heavy atom. The third kappa shape index (κ3) is 3.72. The Morgan fingerprint density at radius 3 is 2.41 bits per heavy atom. The molecule has 22 heavy (non-hydrogen) atoms. The molecule has 1 heterocycles. The molecule has 3 rings (SSSR count). The molecule has 2 aromatic carbocycles. The highest BCUT2D eigenvalue weighted by atomic mass is 35.5. The van der Waals surface area contributed by atoms with E-state index in [0.29, 0.717) is 5.15 Å². The summed E-state index contributed by atoms with van der Waals surface area (Å²) in [4.78, 5) is 6.89. The SMILES string of the molecule is CSc1ccc2cc(CSc3ccc(Cl)cc3)c(Cl)nc2c1. The Hall–Kier alpha value is -0.870. The van der Waals surface area contributed by atoms with Crippen molar-refractivity contribution in [3.8, 4) is 0 Å². The number of nitrogens with zero attached hydrogens (tertiary/aromatic N) is 1. The molecule has 0 radical (unpaired) electrons. The van der Waals surface area contributed by atoms with Crippen molar-refractivity contribution < 1.29 is 0 Å². The second-order valence-electron chi connectivity index (χ2n) is 4.74. The maximum Gasteiger partial charge on any atom is 0.133 e. The fraction of sp³-hybridized carbons (Fsp3) is 0.118. The van der Waals surface area contributed by atoms with Gasteiger partial charge in [0.25, 0.3) is 0 Å². The summed E-state index contributed by atoms with van der Waals surface area (Å²) in [5, 5.41) is 2.44. The lowest BCUT2D eigenvalue weighted by Crippen LogP contribution is -1.89. The first kappa shape index (κ1) is 16.0. The summed E-state index contributed by atoms with van der Waals surface area (Å²) in [6, 6.07) is 16.2. The molecule has 3 aromatic rings. The number of fused-ring (bicyclic) bond motifs is 1. The third-order valence-corrected chi connectivity index (χ3v) is 5.62. The van der Waals surface area contributed by atoms with Gasteiger partial charge in [-0.15, -0.1) is 23.5 Å². The molecule has 1 aromatic heterocycles. The minimum Gasteiger partial charge on any atom is -0.236 e. The largest absolute Gasteiger partial charge is 0.236 e. The van der Waals surface area contributed by atoms with Crippen molar-refractivity contribution in [2.45, 2.75) is 15.5 Å². The lowest BCUT2D eigenvalue weighted by Gasteiger charge is -2.07. The zero-order valence-corrected chi connectivity index (χ0v) is 15.0. The van der Waals surface area contributed by atoms with Gasteiger partial charge in [0.1, 0.15) is 5.15 Å². The van der Waals surface area contributed by atoms with Crippen molar-refractivity contribution in [3.63, 3.8) is 0 Å². The number of hydrogen-bond donors (Lipinski definition) is 0. The molecular weight excluding hydrogens is 353 g/mol. The van der Waals surface area contributed by atoms with Crippen molar-refractivity contribution in [2.75, 3.05) is 6.26 Å². The topological polar surface area (TPSA) is 12.9 Å². The molecule has 0 bridgehead atoms. The van der Waals surface area contributed by atoms with E-state index in [1.807, 2.05) is 24.3 Å². The summed E-state index contributed by atoms with van der Waals surface area (Å²) >= 11 is 15.7. The van der Waals surface area contributed by atoms with E-state index in [2.05, 4.69) is 35.5 Å². The zero-order chi connectivity index (χ0) is 15.5. The van der Waals surface area contributed by atoms with Crippen molar-refractivity contribution in [1.82, 2.24) is 4.98 Å². The molecule has 0 atom stereocenters. The average molecular weight is 366 g/mol. The lowest BCUT2D eigenvalue weighted by atomic mass is 10.2. The van der Waals surface area contributed by atoms with E-state index in [-0.39, 0.29) is 0 Å². The van der Waals surface area contributed by atoms with Crippen LogP contribution in [0.25, 0.3) is 10.9 Å². The van der Waals surface area contributed by atoms with Crippen LogP contribution in [-0.4, -0.2) is 11.2 Å². The van der Waals surface area contributed by atoms with Gasteiger partial charge in [0.05, 0.1) is 5.52 Å². The highest BCUT2D eigenvalue weighted by molar-refractivity contribution is 7.98. The third-order valence-electron chi connectivity index (χ3n) is 3.26. The fourth-order valence-electron chi connectivity index (χ4n) is 2.09. The average Bonchev–Trinajstić information content (AvgIpc) is 2.54.